The van der Waals surface area contributed by atoms with Gasteiger partial charge in [-0.3, -0.25) is 9.59 Å². The topological polar surface area (TPSA) is 89.5 Å². The molecule has 0 aromatic rings. The summed E-state index contributed by atoms with van der Waals surface area (Å²) in [4.78, 5) is 23.1. The first kappa shape index (κ1) is 15.9. The Morgan fingerprint density at radius 3 is 2.16 bits per heavy atom. The molecule has 0 heterocycles. The van der Waals surface area contributed by atoms with Gasteiger partial charge in [-0.15, -0.1) is 0 Å². The molecule has 1 aliphatic rings. The van der Waals surface area contributed by atoms with Gasteiger partial charge >= 0.3 is 5.97 Å². The minimum absolute atomic E-state index is 0.0578. The lowest BCUT2D eigenvalue weighted by Gasteiger charge is -2.28. The van der Waals surface area contributed by atoms with Crippen molar-refractivity contribution in [2.45, 2.75) is 43.9 Å². The quantitative estimate of drug-likeness (QED) is 0.751. The minimum atomic E-state index is -3.37. The van der Waals surface area contributed by atoms with E-state index in [9.17, 15) is 18.0 Å². The standard InChI is InChI=1S/C12H21NO5S/c1-8(19(3,16)17)11(14)13-10-6-4-9(5-7-10)12(15)18-2/h8-10H,4-7H2,1-3H3,(H,13,14). The highest BCUT2D eigenvalue weighted by molar-refractivity contribution is 7.92. The fourth-order valence-electron chi connectivity index (χ4n) is 2.15. The second kappa shape index (κ2) is 6.36. The van der Waals surface area contributed by atoms with Crippen molar-refractivity contribution in [3.63, 3.8) is 0 Å². The zero-order valence-corrected chi connectivity index (χ0v) is 12.3. The van der Waals surface area contributed by atoms with E-state index in [2.05, 4.69) is 10.1 Å². The van der Waals surface area contributed by atoms with Gasteiger partial charge in [-0.05, 0) is 32.6 Å². The predicted octanol–water partition coefficient (Wildman–Crippen LogP) is 0.268. The number of carbonyl (C=O) groups excluding carboxylic acids is 2. The van der Waals surface area contributed by atoms with Gasteiger partial charge in [0.15, 0.2) is 9.84 Å². The normalized spacial score (nSPS) is 25.4. The summed E-state index contributed by atoms with van der Waals surface area (Å²) in [6.45, 7) is 1.38. The van der Waals surface area contributed by atoms with Crippen molar-refractivity contribution in [1.29, 1.82) is 0 Å². The van der Waals surface area contributed by atoms with Gasteiger partial charge in [-0.2, -0.15) is 0 Å². The van der Waals surface area contributed by atoms with Crippen molar-refractivity contribution >= 4 is 21.7 Å². The molecule has 0 aliphatic heterocycles. The number of esters is 1. The van der Waals surface area contributed by atoms with Gasteiger partial charge in [0.1, 0.15) is 5.25 Å². The summed E-state index contributed by atoms with van der Waals surface area (Å²) in [7, 11) is -2.00. The predicted molar refractivity (Wildman–Crippen MR) is 70.2 cm³/mol. The number of hydrogen-bond donors (Lipinski definition) is 1. The molecule has 1 amide bonds. The molecule has 0 saturated heterocycles. The number of rotatable bonds is 4. The van der Waals surface area contributed by atoms with Crippen molar-refractivity contribution in [3.8, 4) is 0 Å². The highest BCUT2D eigenvalue weighted by Crippen LogP contribution is 2.25. The molecular formula is C12H21NO5S. The molecule has 1 N–H and O–H groups in total. The lowest BCUT2D eigenvalue weighted by atomic mass is 9.86. The molecule has 1 saturated carbocycles. The Morgan fingerprint density at radius 2 is 1.74 bits per heavy atom. The lowest BCUT2D eigenvalue weighted by Crippen LogP contribution is -2.45. The Morgan fingerprint density at radius 1 is 1.21 bits per heavy atom. The third-order valence-electron chi connectivity index (χ3n) is 3.62. The van der Waals surface area contributed by atoms with Gasteiger partial charge in [0.25, 0.3) is 0 Å². The fourth-order valence-corrected chi connectivity index (χ4v) is 2.61. The van der Waals surface area contributed by atoms with Gasteiger partial charge < -0.3 is 10.1 Å². The average Bonchev–Trinajstić information content (AvgIpc) is 2.36. The van der Waals surface area contributed by atoms with Crippen LogP contribution in [-0.2, 0) is 24.2 Å². The zero-order chi connectivity index (χ0) is 14.6. The van der Waals surface area contributed by atoms with E-state index in [1.54, 1.807) is 0 Å². The van der Waals surface area contributed by atoms with Crippen molar-refractivity contribution in [2.75, 3.05) is 13.4 Å². The fraction of sp³-hybridized carbons (Fsp3) is 0.833. The Balaban J connectivity index is 2.45. The van der Waals surface area contributed by atoms with Crippen LogP contribution in [0.2, 0.25) is 0 Å². The number of hydrogen-bond acceptors (Lipinski definition) is 5. The molecule has 0 spiro atoms. The maximum atomic E-state index is 11.7. The first-order chi connectivity index (χ1) is 8.75. The first-order valence-electron chi connectivity index (χ1n) is 6.32. The van der Waals surface area contributed by atoms with E-state index in [0.29, 0.717) is 25.7 Å². The van der Waals surface area contributed by atoms with Gasteiger partial charge in [0.05, 0.1) is 13.0 Å². The lowest BCUT2D eigenvalue weighted by molar-refractivity contribution is -0.146. The molecule has 0 aromatic heterocycles. The maximum absolute atomic E-state index is 11.7. The van der Waals surface area contributed by atoms with Crippen molar-refractivity contribution in [2.24, 2.45) is 5.92 Å². The molecule has 7 heteroatoms. The van der Waals surface area contributed by atoms with Crippen LogP contribution in [0, 0.1) is 5.92 Å². The van der Waals surface area contributed by atoms with Crippen LogP contribution in [0.1, 0.15) is 32.6 Å². The zero-order valence-electron chi connectivity index (χ0n) is 11.5. The van der Waals surface area contributed by atoms with Crippen LogP contribution in [0.15, 0.2) is 0 Å². The van der Waals surface area contributed by atoms with Crippen molar-refractivity contribution < 1.29 is 22.7 Å². The molecule has 110 valence electrons. The summed E-state index contributed by atoms with van der Waals surface area (Å²) >= 11 is 0. The van der Waals surface area contributed by atoms with E-state index < -0.39 is 21.0 Å². The summed E-state index contributed by atoms with van der Waals surface area (Å²) in [6.07, 6.45) is 3.70. The van der Waals surface area contributed by atoms with Crippen LogP contribution in [-0.4, -0.2) is 45.0 Å². The molecule has 0 radical (unpaired) electrons. The van der Waals surface area contributed by atoms with Gasteiger partial charge in [-0.1, -0.05) is 0 Å². The van der Waals surface area contributed by atoms with Crippen LogP contribution >= 0.6 is 0 Å². The number of nitrogens with one attached hydrogen (secondary N) is 1. The van der Waals surface area contributed by atoms with Crippen molar-refractivity contribution in [3.05, 3.63) is 0 Å². The van der Waals surface area contributed by atoms with Crippen molar-refractivity contribution in [1.82, 2.24) is 5.32 Å². The molecule has 1 unspecified atom stereocenters. The van der Waals surface area contributed by atoms with Crippen LogP contribution in [0.4, 0.5) is 0 Å². The minimum Gasteiger partial charge on any atom is -0.469 e. The molecule has 1 atom stereocenters. The highest BCUT2D eigenvalue weighted by Gasteiger charge is 2.30. The summed E-state index contributed by atoms with van der Waals surface area (Å²) in [5.41, 5.74) is 0. The van der Waals surface area contributed by atoms with E-state index in [0.717, 1.165) is 6.26 Å². The third kappa shape index (κ3) is 4.49. The monoisotopic (exact) mass is 291 g/mol. The number of ether oxygens (including phenoxy) is 1. The molecule has 1 rings (SSSR count). The Kier molecular flexibility index (Phi) is 5.34. The molecule has 19 heavy (non-hydrogen) atoms. The average molecular weight is 291 g/mol. The molecular weight excluding hydrogens is 270 g/mol. The number of carbonyl (C=O) groups is 2. The molecule has 0 bridgehead atoms. The maximum Gasteiger partial charge on any atom is 0.308 e. The Hall–Kier alpha value is -1.11. The van der Waals surface area contributed by atoms with E-state index in [1.165, 1.54) is 14.0 Å². The molecule has 1 aliphatic carbocycles. The van der Waals surface area contributed by atoms with Crippen LogP contribution in [0.3, 0.4) is 0 Å². The Labute approximate surface area is 113 Å². The second-order valence-corrected chi connectivity index (χ2v) is 7.42. The number of methoxy groups -OCH3 is 1. The highest BCUT2D eigenvalue weighted by atomic mass is 32.2. The summed E-state index contributed by atoms with van der Waals surface area (Å²) in [5, 5.41) is 1.70. The number of sulfone groups is 1. The van der Waals surface area contributed by atoms with Crippen LogP contribution in [0.5, 0.6) is 0 Å². The van der Waals surface area contributed by atoms with E-state index in [1.807, 2.05) is 0 Å². The van der Waals surface area contributed by atoms with Gasteiger partial charge in [0.2, 0.25) is 5.91 Å². The van der Waals surface area contributed by atoms with E-state index in [-0.39, 0.29) is 17.9 Å². The Bertz CT molecular complexity index is 437. The summed E-state index contributed by atoms with van der Waals surface area (Å²) < 4.78 is 27.2. The molecule has 1 fully saturated rings. The SMILES string of the molecule is COC(=O)C1CCC(NC(=O)C(C)S(C)(=O)=O)CC1. The molecule has 0 aromatic carbocycles. The van der Waals surface area contributed by atoms with Crippen LogP contribution < -0.4 is 5.32 Å². The first-order valence-corrected chi connectivity index (χ1v) is 8.28. The number of amides is 1. The van der Waals surface area contributed by atoms with Gasteiger partial charge in [0, 0.05) is 12.3 Å². The summed E-state index contributed by atoms with van der Waals surface area (Å²) in [5.74, 6) is -0.788. The second-order valence-electron chi connectivity index (χ2n) is 5.05. The largest absolute Gasteiger partial charge is 0.469 e. The third-order valence-corrected chi connectivity index (χ3v) is 5.12. The van der Waals surface area contributed by atoms with E-state index >= 15 is 0 Å². The summed E-state index contributed by atoms with van der Waals surface area (Å²) in [6, 6.07) is -0.0578. The van der Waals surface area contributed by atoms with Crippen LogP contribution in [0.25, 0.3) is 0 Å². The van der Waals surface area contributed by atoms with E-state index in [4.69, 9.17) is 0 Å². The molecule has 6 nitrogen and oxygen atoms in total. The smallest absolute Gasteiger partial charge is 0.308 e. The van der Waals surface area contributed by atoms with Gasteiger partial charge in [-0.25, -0.2) is 8.42 Å².